The second-order valence-electron chi connectivity index (χ2n) is 3.99. The molecule has 0 atom stereocenters. The van der Waals surface area contributed by atoms with Crippen LogP contribution in [0.25, 0.3) is 0 Å². The van der Waals surface area contributed by atoms with Crippen molar-refractivity contribution >= 4 is 44.4 Å². The van der Waals surface area contributed by atoms with Crippen LogP contribution >= 0.6 is 22.9 Å². The molecule has 0 aliphatic heterocycles. The van der Waals surface area contributed by atoms with E-state index in [9.17, 15) is 22.0 Å². The number of carbonyl (C=O) groups is 1. The molecule has 0 fully saturated rings. The van der Waals surface area contributed by atoms with Crippen molar-refractivity contribution in [3.8, 4) is 0 Å². The number of benzene rings is 1. The number of amides is 1. The van der Waals surface area contributed by atoms with Gasteiger partial charge in [-0.25, -0.2) is 17.2 Å². The molecule has 9 heteroatoms. The molecule has 1 aromatic heterocycles. The van der Waals surface area contributed by atoms with Crippen LogP contribution in [0.2, 0.25) is 4.34 Å². The third kappa shape index (κ3) is 3.99. The first-order chi connectivity index (χ1) is 9.78. The van der Waals surface area contributed by atoms with Gasteiger partial charge in [0.15, 0.2) is 9.84 Å². The number of hydrogen-bond acceptors (Lipinski definition) is 4. The van der Waals surface area contributed by atoms with Gasteiger partial charge in [-0.15, -0.1) is 11.3 Å². The van der Waals surface area contributed by atoms with E-state index in [1.165, 1.54) is 12.1 Å². The Morgan fingerprint density at radius 3 is 2.52 bits per heavy atom. The van der Waals surface area contributed by atoms with E-state index < -0.39 is 33.1 Å². The molecule has 1 aromatic carbocycles. The van der Waals surface area contributed by atoms with E-state index in [1.807, 2.05) is 0 Å². The lowest BCUT2D eigenvalue weighted by Gasteiger charge is -2.06. The number of carbonyl (C=O) groups excluding carboxylic acids is 1. The second-order valence-corrected chi connectivity index (χ2v) is 7.92. The van der Waals surface area contributed by atoms with Crippen LogP contribution in [0, 0.1) is 11.6 Å². The van der Waals surface area contributed by atoms with Crippen LogP contribution in [-0.2, 0) is 14.6 Å². The molecule has 1 amide bonds. The standard InChI is InChI=1S/C12H8ClF2NO3S2/c13-10-3-4-12(20-10)21(18,19)6-11(17)16-9-2-1-7(14)5-8(9)15/h1-5H,6H2,(H,16,17). The SMILES string of the molecule is O=C(CS(=O)(=O)c1ccc(Cl)s1)Nc1ccc(F)cc1F. The maximum absolute atomic E-state index is 13.4. The average Bonchev–Trinajstić information content (AvgIpc) is 2.80. The van der Waals surface area contributed by atoms with Crippen molar-refractivity contribution in [2.24, 2.45) is 0 Å². The maximum Gasteiger partial charge on any atom is 0.240 e. The summed E-state index contributed by atoms with van der Waals surface area (Å²) in [7, 11) is -3.85. The Morgan fingerprint density at radius 1 is 1.24 bits per heavy atom. The van der Waals surface area contributed by atoms with Crippen molar-refractivity contribution in [2.75, 3.05) is 11.1 Å². The monoisotopic (exact) mass is 351 g/mol. The Hall–Kier alpha value is -1.51. The number of hydrogen-bond donors (Lipinski definition) is 1. The van der Waals surface area contributed by atoms with Gasteiger partial charge in [0.25, 0.3) is 0 Å². The van der Waals surface area contributed by atoms with Gasteiger partial charge in [-0.05, 0) is 24.3 Å². The fourth-order valence-corrected chi connectivity index (χ4v) is 4.19. The van der Waals surface area contributed by atoms with E-state index in [1.54, 1.807) is 0 Å². The molecule has 1 N–H and O–H groups in total. The molecule has 0 spiro atoms. The summed E-state index contributed by atoms with van der Waals surface area (Å²) in [4.78, 5) is 11.7. The van der Waals surface area contributed by atoms with Gasteiger partial charge in [0.1, 0.15) is 21.6 Å². The summed E-state index contributed by atoms with van der Waals surface area (Å²) in [5.74, 6) is -3.57. The van der Waals surface area contributed by atoms with Crippen molar-refractivity contribution in [1.82, 2.24) is 0 Å². The number of rotatable bonds is 4. The normalized spacial score (nSPS) is 11.4. The molecule has 0 saturated carbocycles. The first kappa shape index (κ1) is 15.9. The van der Waals surface area contributed by atoms with Crippen LogP contribution in [0.1, 0.15) is 0 Å². The molecule has 0 saturated heterocycles. The van der Waals surface area contributed by atoms with Gasteiger partial charge in [0.2, 0.25) is 5.91 Å². The van der Waals surface area contributed by atoms with Crippen molar-refractivity contribution in [3.63, 3.8) is 0 Å². The smallest absolute Gasteiger partial charge is 0.240 e. The lowest BCUT2D eigenvalue weighted by atomic mass is 10.3. The zero-order chi connectivity index (χ0) is 15.6. The highest BCUT2D eigenvalue weighted by atomic mass is 35.5. The molecule has 2 aromatic rings. The molecule has 1 heterocycles. The van der Waals surface area contributed by atoms with Crippen molar-refractivity contribution in [2.45, 2.75) is 4.21 Å². The molecule has 21 heavy (non-hydrogen) atoms. The zero-order valence-electron chi connectivity index (χ0n) is 10.3. The van der Waals surface area contributed by atoms with Crippen molar-refractivity contribution in [3.05, 3.63) is 46.3 Å². The van der Waals surface area contributed by atoms with Gasteiger partial charge in [0, 0.05) is 6.07 Å². The third-order valence-corrected chi connectivity index (χ3v) is 5.81. The molecule has 112 valence electrons. The van der Waals surface area contributed by atoms with E-state index in [2.05, 4.69) is 5.32 Å². The van der Waals surface area contributed by atoms with Gasteiger partial charge in [-0.1, -0.05) is 11.6 Å². The largest absolute Gasteiger partial charge is 0.323 e. The fraction of sp³-hybridized carbons (Fsp3) is 0.0833. The van der Waals surface area contributed by atoms with E-state index in [0.29, 0.717) is 6.07 Å². The van der Waals surface area contributed by atoms with E-state index in [-0.39, 0.29) is 14.2 Å². The lowest BCUT2D eigenvalue weighted by molar-refractivity contribution is -0.113. The molecular formula is C12H8ClF2NO3S2. The first-order valence-corrected chi connectivity index (χ1v) is 8.35. The molecule has 4 nitrogen and oxygen atoms in total. The quantitative estimate of drug-likeness (QED) is 0.920. The van der Waals surface area contributed by atoms with Crippen molar-refractivity contribution < 1.29 is 22.0 Å². The van der Waals surface area contributed by atoms with Gasteiger partial charge in [0.05, 0.1) is 10.0 Å². The highest BCUT2D eigenvalue weighted by Crippen LogP contribution is 2.26. The van der Waals surface area contributed by atoms with Gasteiger partial charge < -0.3 is 5.32 Å². The molecule has 0 aliphatic carbocycles. The Balaban J connectivity index is 2.11. The second kappa shape index (κ2) is 6.08. The van der Waals surface area contributed by atoms with Gasteiger partial charge >= 0.3 is 0 Å². The Bertz CT molecular complexity index is 790. The summed E-state index contributed by atoms with van der Waals surface area (Å²) in [6.07, 6.45) is 0. The van der Waals surface area contributed by atoms with Gasteiger partial charge in [-0.2, -0.15) is 0 Å². The minimum atomic E-state index is -3.85. The molecule has 0 unspecified atom stereocenters. The summed E-state index contributed by atoms with van der Waals surface area (Å²) >= 11 is 6.46. The van der Waals surface area contributed by atoms with Crippen LogP contribution < -0.4 is 5.32 Å². The van der Waals surface area contributed by atoms with E-state index in [4.69, 9.17) is 11.6 Å². The number of halogens is 3. The minimum Gasteiger partial charge on any atom is -0.323 e. The predicted molar refractivity (Wildman–Crippen MR) is 76.4 cm³/mol. The van der Waals surface area contributed by atoms with E-state index in [0.717, 1.165) is 23.5 Å². The molecular weight excluding hydrogens is 344 g/mol. The summed E-state index contributed by atoms with van der Waals surface area (Å²) < 4.78 is 50.1. The van der Waals surface area contributed by atoms with Gasteiger partial charge in [-0.3, -0.25) is 4.79 Å². The molecule has 2 rings (SSSR count). The Kier molecular flexibility index (Phi) is 4.60. The van der Waals surface area contributed by atoms with E-state index >= 15 is 0 Å². The maximum atomic E-state index is 13.4. The summed E-state index contributed by atoms with van der Waals surface area (Å²) in [6.45, 7) is 0. The molecule has 0 bridgehead atoms. The number of thiophene rings is 1. The average molecular weight is 352 g/mol. The summed E-state index contributed by atoms with van der Waals surface area (Å²) in [6, 6.07) is 5.23. The topological polar surface area (TPSA) is 63.2 Å². The number of anilines is 1. The molecule has 0 radical (unpaired) electrons. The minimum absolute atomic E-state index is 0.0535. The first-order valence-electron chi connectivity index (χ1n) is 5.51. The highest BCUT2D eigenvalue weighted by Gasteiger charge is 2.22. The summed E-state index contributed by atoms with van der Waals surface area (Å²) in [5, 5.41) is 2.08. The Labute approximate surface area is 128 Å². The van der Waals surface area contributed by atoms with Crippen molar-refractivity contribution in [1.29, 1.82) is 0 Å². The van der Waals surface area contributed by atoms with Crippen LogP contribution in [-0.4, -0.2) is 20.1 Å². The van der Waals surface area contributed by atoms with Crippen LogP contribution in [0.3, 0.4) is 0 Å². The Morgan fingerprint density at radius 2 is 1.95 bits per heavy atom. The summed E-state index contributed by atoms with van der Waals surface area (Å²) in [5.41, 5.74) is -0.291. The van der Waals surface area contributed by atoms with Crippen LogP contribution in [0.5, 0.6) is 0 Å². The number of sulfone groups is 1. The van der Waals surface area contributed by atoms with Crippen LogP contribution in [0.15, 0.2) is 34.5 Å². The molecule has 0 aliphatic rings. The lowest BCUT2D eigenvalue weighted by Crippen LogP contribution is -2.23. The van der Waals surface area contributed by atoms with Crippen LogP contribution in [0.4, 0.5) is 14.5 Å². The highest BCUT2D eigenvalue weighted by molar-refractivity contribution is 7.94. The third-order valence-electron chi connectivity index (χ3n) is 2.38. The fourth-order valence-electron chi connectivity index (χ4n) is 1.49. The predicted octanol–water partition coefficient (Wildman–Crippen LogP) is 3.09. The number of nitrogens with one attached hydrogen (secondary N) is 1. The zero-order valence-corrected chi connectivity index (χ0v) is 12.7.